The van der Waals surface area contributed by atoms with E-state index in [1.807, 2.05) is 0 Å². The van der Waals surface area contributed by atoms with Crippen molar-refractivity contribution in [2.45, 2.75) is 53.1 Å². The zero-order valence-corrected chi connectivity index (χ0v) is 12.4. The summed E-state index contributed by atoms with van der Waals surface area (Å²) in [4.78, 5) is 0. The number of aromatic nitrogens is 1. The van der Waals surface area contributed by atoms with E-state index in [2.05, 4.69) is 43.6 Å². The molecular formula is C14H26N2O2. The van der Waals surface area contributed by atoms with Gasteiger partial charge in [0.2, 0.25) is 0 Å². The Balaban J connectivity index is 2.63. The van der Waals surface area contributed by atoms with Crippen molar-refractivity contribution in [1.82, 2.24) is 9.88 Å². The van der Waals surface area contributed by atoms with Gasteiger partial charge in [-0.25, -0.2) is 0 Å². The molecule has 1 heterocycles. The Bertz CT molecular complexity index is 370. The molecule has 0 spiro atoms. The van der Waals surface area contributed by atoms with Gasteiger partial charge in [-0.1, -0.05) is 0 Å². The quantitative estimate of drug-likeness (QED) is 0.758. The van der Waals surface area contributed by atoms with Crippen molar-refractivity contribution in [3.63, 3.8) is 0 Å². The number of ether oxygens (including phenoxy) is 2. The fraction of sp³-hybridized carbons (Fsp3) is 0.714. The molecule has 0 saturated carbocycles. The van der Waals surface area contributed by atoms with Gasteiger partial charge >= 0.3 is 0 Å². The van der Waals surface area contributed by atoms with E-state index in [4.69, 9.17) is 9.47 Å². The summed E-state index contributed by atoms with van der Waals surface area (Å²) in [5.41, 5.74) is 3.99. The average Bonchev–Trinajstić information content (AvgIpc) is 2.63. The molecule has 0 aromatic carbocycles. The van der Waals surface area contributed by atoms with Gasteiger partial charge in [-0.05, 0) is 39.3 Å². The van der Waals surface area contributed by atoms with Crippen LogP contribution in [0.2, 0.25) is 0 Å². The van der Waals surface area contributed by atoms with Gasteiger partial charge in [-0.2, -0.15) is 0 Å². The largest absolute Gasteiger partial charge is 0.354 e. The minimum absolute atomic E-state index is 0.157. The standard InChI is InChI=1S/C14H26N2O2/c1-7-16-10(2)8-13(12(16)4)9-15-11(3)14(17-5)18-6/h8,11,14-15H,7,9H2,1-6H3. The molecule has 0 bridgehead atoms. The van der Waals surface area contributed by atoms with E-state index in [-0.39, 0.29) is 12.3 Å². The molecule has 1 N–H and O–H groups in total. The highest BCUT2D eigenvalue weighted by Gasteiger charge is 2.16. The summed E-state index contributed by atoms with van der Waals surface area (Å²) in [5.74, 6) is 0. The van der Waals surface area contributed by atoms with Crippen LogP contribution in [0, 0.1) is 13.8 Å². The number of hydrogen-bond donors (Lipinski definition) is 1. The topological polar surface area (TPSA) is 35.4 Å². The molecule has 1 aromatic heterocycles. The Kier molecular flexibility index (Phi) is 5.85. The van der Waals surface area contributed by atoms with E-state index in [1.54, 1.807) is 14.2 Å². The number of methoxy groups -OCH3 is 2. The summed E-state index contributed by atoms with van der Waals surface area (Å²) in [6, 6.07) is 2.40. The van der Waals surface area contributed by atoms with Crippen LogP contribution in [0.3, 0.4) is 0 Å². The van der Waals surface area contributed by atoms with Crippen molar-refractivity contribution in [2.24, 2.45) is 0 Å². The maximum Gasteiger partial charge on any atom is 0.171 e. The van der Waals surface area contributed by atoms with Crippen LogP contribution < -0.4 is 5.32 Å². The van der Waals surface area contributed by atoms with Gasteiger partial charge in [0, 0.05) is 38.7 Å². The molecule has 104 valence electrons. The van der Waals surface area contributed by atoms with Crippen LogP contribution in [0.1, 0.15) is 30.8 Å². The fourth-order valence-corrected chi connectivity index (χ4v) is 2.41. The molecule has 4 nitrogen and oxygen atoms in total. The normalized spacial score (nSPS) is 13.3. The zero-order valence-electron chi connectivity index (χ0n) is 12.4. The first-order chi connectivity index (χ1) is 8.54. The molecule has 0 radical (unpaired) electrons. The molecule has 1 rings (SSSR count). The van der Waals surface area contributed by atoms with Crippen molar-refractivity contribution in [1.29, 1.82) is 0 Å². The van der Waals surface area contributed by atoms with E-state index in [0.717, 1.165) is 13.1 Å². The third kappa shape index (κ3) is 3.34. The monoisotopic (exact) mass is 254 g/mol. The van der Waals surface area contributed by atoms with Gasteiger partial charge in [-0.3, -0.25) is 0 Å². The Hall–Kier alpha value is -0.840. The molecule has 0 saturated heterocycles. The van der Waals surface area contributed by atoms with Crippen LogP contribution in [-0.4, -0.2) is 31.1 Å². The minimum atomic E-state index is -0.209. The summed E-state index contributed by atoms with van der Waals surface area (Å²) in [6.07, 6.45) is -0.209. The van der Waals surface area contributed by atoms with Crippen molar-refractivity contribution >= 4 is 0 Å². The number of hydrogen-bond acceptors (Lipinski definition) is 3. The summed E-state index contributed by atoms with van der Waals surface area (Å²) in [5, 5.41) is 3.44. The Morgan fingerprint density at radius 1 is 1.28 bits per heavy atom. The van der Waals surface area contributed by atoms with Gasteiger partial charge in [0.15, 0.2) is 6.29 Å². The van der Waals surface area contributed by atoms with Crippen LogP contribution in [-0.2, 0) is 22.6 Å². The first kappa shape index (κ1) is 15.2. The molecule has 18 heavy (non-hydrogen) atoms. The van der Waals surface area contributed by atoms with Gasteiger partial charge in [0.05, 0.1) is 6.04 Å². The highest BCUT2D eigenvalue weighted by molar-refractivity contribution is 5.26. The molecule has 4 heteroatoms. The Morgan fingerprint density at radius 2 is 1.89 bits per heavy atom. The second-order valence-corrected chi connectivity index (χ2v) is 4.65. The third-order valence-electron chi connectivity index (χ3n) is 3.48. The molecule has 0 aliphatic rings. The predicted octanol–water partition coefficient (Wildman–Crippen LogP) is 2.22. The van der Waals surface area contributed by atoms with Crippen molar-refractivity contribution in [3.05, 3.63) is 23.0 Å². The minimum Gasteiger partial charge on any atom is -0.354 e. The lowest BCUT2D eigenvalue weighted by Crippen LogP contribution is -2.39. The van der Waals surface area contributed by atoms with Crippen LogP contribution in [0.25, 0.3) is 0 Å². The molecule has 0 aliphatic heterocycles. The van der Waals surface area contributed by atoms with E-state index < -0.39 is 0 Å². The second kappa shape index (κ2) is 6.92. The molecule has 0 fully saturated rings. The maximum atomic E-state index is 5.24. The van der Waals surface area contributed by atoms with E-state index >= 15 is 0 Å². The Labute approximate surface area is 110 Å². The van der Waals surface area contributed by atoms with Crippen molar-refractivity contribution in [2.75, 3.05) is 14.2 Å². The van der Waals surface area contributed by atoms with Gasteiger partial charge in [0.1, 0.15) is 0 Å². The molecule has 0 aliphatic carbocycles. The average molecular weight is 254 g/mol. The lowest BCUT2D eigenvalue weighted by molar-refractivity contribution is -0.119. The molecule has 0 amide bonds. The fourth-order valence-electron chi connectivity index (χ4n) is 2.41. The third-order valence-corrected chi connectivity index (χ3v) is 3.48. The molecule has 1 atom stereocenters. The lowest BCUT2D eigenvalue weighted by Gasteiger charge is -2.22. The highest BCUT2D eigenvalue weighted by atomic mass is 16.7. The molecular weight excluding hydrogens is 228 g/mol. The summed E-state index contributed by atoms with van der Waals surface area (Å²) in [6.45, 7) is 10.4. The summed E-state index contributed by atoms with van der Waals surface area (Å²) >= 11 is 0. The van der Waals surface area contributed by atoms with Crippen LogP contribution in [0.5, 0.6) is 0 Å². The van der Waals surface area contributed by atoms with Crippen LogP contribution >= 0.6 is 0 Å². The van der Waals surface area contributed by atoms with Crippen LogP contribution in [0.15, 0.2) is 6.07 Å². The highest BCUT2D eigenvalue weighted by Crippen LogP contribution is 2.15. The van der Waals surface area contributed by atoms with Gasteiger partial charge in [-0.15, -0.1) is 0 Å². The SMILES string of the molecule is CCn1c(C)cc(CNC(C)C(OC)OC)c1C. The van der Waals surface area contributed by atoms with Crippen LogP contribution in [0.4, 0.5) is 0 Å². The zero-order chi connectivity index (χ0) is 13.7. The van der Waals surface area contributed by atoms with Crippen molar-refractivity contribution < 1.29 is 9.47 Å². The number of rotatable bonds is 7. The summed E-state index contributed by atoms with van der Waals surface area (Å²) in [7, 11) is 3.32. The van der Waals surface area contributed by atoms with Crippen molar-refractivity contribution in [3.8, 4) is 0 Å². The van der Waals surface area contributed by atoms with Gasteiger partial charge in [0.25, 0.3) is 0 Å². The number of nitrogens with zero attached hydrogens (tertiary/aromatic N) is 1. The number of nitrogens with one attached hydrogen (secondary N) is 1. The van der Waals surface area contributed by atoms with E-state index in [0.29, 0.717) is 0 Å². The molecule has 1 aromatic rings. The van der Waals surface area contributed by atoms with E-state index in [1.165, 1.54) is 17.0 Å². The predicted molar refractivity (Wildman–Crippen MR) is 73.7 cm³/mol. The lowest BCUT2D eigenvalue weighted by atomic mass is 10.2. The first-order valence-corrected chi connectivity index (χ1v) is 6.49. The summed E-state index contributed by atoms with van der Waals surface area (Å²) < 4.78 is 12.8. The molecule has 1 unspecified atom stereocenters. The second-order valence-electron chi connectivity index (χ2n) is 4.65. The smallest absolute Gasteiger partial charge is 0.171 e. The number of aryl methyl sites for hydroxylation is 1. The maximum absolute atomic E-state index is 5.24. The Morgan fingerprint density at radius 3 is 2.33 bits per heavy atom. The first-order valence-electron chi connectivity index (χ1n) is 6.49. The van der Waals surface area contributed by atoms with Gasteiger partial charge < -0.3 is 19.4 Å². The van der Waals surface area contributed by atoms with E-state index in [9.17, 15) is 0 Å².